The minimum Gasteiger partial charge on any atom is -0.530 e. The van der Waals surface area contributed by atoms with Gasteiger partial charge >= 0.3 is 6.18 Å². The Hall–Kier alpha value is -1.99. The molecule has 1 aromatic heterocycles. The second kappa shape index (κ2) is 4.94. The van der Waals surface area contributed by atoms with E-state index in [2.05, 4.69) is 10.3 Å². The quantitative estimate of drug-likeness (QED) is 0.871. The number of alkyl halides is 3. The molecule has 0 aromatic carbocycles. The molecule has 8 heteroatoms. The van der Waals surface area contributed by atoms with Crippen LogP contribution in [0.4, 0.5) is 23.8 Å². The fourth-order valence-corrected chi connectivity index (χ4v) is 1.94. The van der Waals surface area contributed by atoms with Crippen LogP contribution in [0.2, 0.25) is 0 Å². The third-order valence-corrected chi connectivity index (χ3v) is 2.89. The van der Waals surface area contributed by atoms with Crippen molar-refractivity contribution in [2.45, 2.75) is 18.6 Å². The first kappa shape index (κ1) is 13.4. The van der Waals surface area contributed by atoms with E-state index in [1.165, 1.54) is 0 Å². The van der Waals surface area contributed by atoms with Crippen molar-refractivity contribution >= 4 is 11.9 Å². The molecule has 1 aliphatic heterocycles. The second-order valence-electron chi connectivity index (χ2n) is 4.27. The molecule has 1 unspecified atom stereocenters. The van der Waals surface area contributed by atoms with Gasteiger partial charge in [-0.25, -0.2) is 4.98 Å². The molecule has 2 heterocycles. The maximum absolute atomic E-state index is 12.5. The summed E-state index contributed by atoms with van der Waals surface area (Å²) >= 11 is 0. The van der Waals surface area contributed by atoms with Crippen LogP contribution >= 0.6 is 0 Å². The Bertz CT molecular complexity index is 478. The smallest absolute Gasteiger partial charge is 0.416 e. The van der Waals surface area contributed by atoms with Crippen molar-refractivity contribution in [1.29, 1.82) is 0 Å². The number of hydrogen-bond acceptors (Lipinski definition) is 4. The SMILES string of the molecule is O=C([O-])N1CCC(Nc2cc(C(F)(F)F)ccn2)C1. The molecule has 0 bridgehead atoms. The van der Waals surface area contributed by atoms with Gasteiger partial charge in [-0.3, -0.25) is 0 Å². The maximum Gasteiger partial charge on any atom is 0.416 e. The van der Waals surface area contributed by atoms with E-state index in [4.69, 9.17) is 0 Å². The second-order valence-corrected chi connectivity index (χ2v) is 4.27. The third kappa shape index (κ3) is 3.27. The Labute approximate surface area is 107 Å². The van der Waals surface area contributed by atoms with Gasteiger partial charge in [0.2, 0.25) is 0 Å². The highest BCUT2D eigenvalue weighted by atomic mass is 19.4. The van der Waals surface area contributed by atoms with Gasteiger partial charge in [-0.15, -0.1) is 0 Å². The van der Waals surface area contributed by atoms with E-state index in [1.807, 2.05) is 0 Å². The lowest BCUT2D eigenvalue weighted by Gasteiger charge is -2.19. The van der Waals surface area contributed by atoms with Gasteiger partial charge in [0, 0.05) is 25.3 Å². The fourth-order valence-electron chi connectivity index (χ4n) is 1.94. The number of carboxylic acid groups (broad SMARTS) is 1. The monoisotopic (exact) mass is 274 g/mol. The van der Waals surface area contributed by atoms with E-state index < -0.39 is 17.8 Å². The zero-order valence-corrected chi connectivity index (χ0v) is 9.78. The van der Waals surface area contributed by atoms with Crippen molar-refractivity contribution < 1.29 is 23.1 Å². The topological polar surface area (TPSA) is 68.3 Å². The van der Waals surface area contributed by atoms with Crippen LogP contribution in [0.5, 0.6) is 0 Å². The molecule has 0 radical (unpaired) electrons. The number of hydrogen-bond donors (Lipinski definition) is 1. The highest BCUT2D eigenvalue weighted by Crippen LogP contribution is 2.30. The van der Waals surface area contributed by atoms with Crippen LogP contribution in [-0.2, 0) is 6.18 Å². The maximum atomic E-state index is 12.5. The number of aromatic nitrogens is 1. The third-order valence-electron chi connectivity index (χ3n) is 2.89. The van der Waals surface area contributed by atoms with Gasteiger partial charge < -0.3 is 20.1 Å². The highest BCUT2D eigenvalue weighted by molar-refractivity contribution is 5.63. The van der Waals surface area contributed by atoms with E-state index in [9.17, 15) is 23.1 Å². The van der Waals surface area contributed by atoms with E-state index >= 15 is 0 Å². The molecule has 1 fully saturated rings. The van der Waals surface area contributed by atoms with Crippen LogP contribution in [0.3, 0.4) is 0 Å². The van der Waals surface area contributed by atoms with E-state index in [-0.39, 0.29) is 18.4 Å². The summed E-state index contributed by atoms with van der Waals surface area (Å²) in [5, 5.41) is 13.4. The van der Waals surface area contributed by atoms with E-state index in [0.717, 1.165) is 23.2 Å². The Morgan fingerprint density at radius 2 is 2.26 bits per heavy atom. The summed E-state index contributed by atoms with van der Waals surface area (Å²) in [5.41, 5.74) is -0.792. The molecule has 0 spiro atoms. The first-order chi connectivity index (χ1) is 8.86. The number of nitrogens with one attached hydrogen (secondary N) is 1. The minimum atomic E-state index is -4.42. The van der Waals surface area contributed by atoms with Crippen LogP contribution in [0.25, 0.3) is 0 Å². The van der Waals surface area contributed by atoms with Gasteiger partial charge in [0.1, 0.15) is 11.9 Å². The number of carbonyl (C=O) groups is 1. The van der Waals surface area contributed by atoms with Gasteiger partial charge in [-0.05, 0) is 18.6 Å². The van der Waals surface area contributed by atoms with Crippen LogP contribution < -0.4 is 10.4 Å². The number of rotatable bonds is 2. The van der Waals surface area contributed by atoms with Crippen LogP contribution in [0.15, 0.2) is 18.3 Å². The Morgan fingerprint density at radius 1 is 1.53 bits per heavy atom. The molecular weight excluding hydrogens is 263 g/mol. The van der Waals surface area contributed by atoms with E-state index in [1.54, 1.807) is 0 Å². The number of nitrogens with zero attached hydrogens (tertiary/aromatic N) is 2. The van der Waals surface area contributed by atoms with Crippen LogP contribution in [0.1, 0.15) is 12.0 Å². The van der Waals surface area contributed by atoms with Crippen LogP contribution in [0, 0.1) is 0 Å². The predicted octanol–water partition coefficient (Wildman–Crippen LogP) is 0.930. The summed E-state index contributed by atoms with van der Waals surface area (Å²) in [6.07, 6.45) is -4.13. The average Bonchev–Trinajstić information content (AvgIpc) is 2.77. The molecule has 1 aliphatic rings. The normalized spacial score (nSPS) is 19.5. The molecule has 0 saturated carbocycles. The first-order valence-electron chi connectivity index (χ1n) is 5.62. The minimum absolute atomic E-state index is 0.0834. The lowest BCUT2D eigenvalue weighted by atomic mass is 10.2. The van der Waals surface area contributed by atoms with Gasteiger partial charge in [0.05, 0.1) is 5.56 Å². The van der Waals surface area contributed by atoms with Gasteiger partial charge in [-0.1, -0.05) is 0 Å². The number of carbonyl (C=O) groups excluding carboxylic acids is 1. The molecule has 5 nitrogen and oxygen atoms in total. The molecule has 19 heavy (non-hydrogen) atoms. The van der Waals surface area contributed by atoms with Crippen molar-refractivity contribution in [3.63, 3.8) is 0 Å². The summed E-state index contributed by atoms with van der Waals surface area (Å²) in [6.45, 7) is 0.485. The summed E-state index contributed by atoms with van der Waals surface area (Å²) in [7, 11) is 0. The summed E-state index contributed by atoms with van der Waals surface area (Å²) in [4.78, 5) is 15.5. The first-order valence-corrected chi connectivity index (χ1v) is 5.62. The predicted molar refractivity (Wildman–Crippen MR) is 58.2 cm³/mol. The van der Waals surface area contributed by atoms with Gasteiger partial charge in [0.25, 0.3) is 0 Å². The average molecular weight is 274 g/mol. The molecule has 1 amide bonds. The zero-order valence-electron chi connectivity index (χ0n) is 9.78. The standard InChI is InChI=1S/C11H12F3N3O2/c12-11(13,14)7-1-3-15-9(5-7)16-8-2-4-17(6-8)10(18)19/h1,3,5,8H,2,4,6H2,(H,15,16)(H,18,19)/p-1. The van der Waals surface area contributed by atoms with Crippen LogP contribution in [-0.4, -0.2) is 35.1 Å². The van der Waals surface area contributed by atoms with Gasteiger partial charge in [-0.2, -0.15) is 13.2 Å². The molecule has 104 valence electrons. The number of anilines is 1. The fraction of sp³-hybridized carbons (Fsp3) is 0.455. The number of amides is 1. The molecule has 1 aromatic rings. The highest BCUT2D eigenvalue weighted by Gasteiger charge is 2.31. The van der Waals surface area contributed by atoms with Crippen molar-refractivity contribution in [2.75, 3.05) is 18.4 Å². The lowest BCUT2D eigenvalue weighted by molar-refractivity contribution is -0.264. The van der Waals surface area contributed by atoms with Gasteiger partial charge in [0.15, 0.2) is 0 Å². The Morgan fingerprint density at radius 3 is 2.84 bits per heavy atom. The summed E-state index contributed by atoms with van der Waals surface area (Å²) in [5.74, 6) is 0.0834. The van der Waals surface area contributed by atoms with Crippen molar-refractivity contribution in [2.24, 2.45) is 0 Å². The van der Waals surface area contributed by atoms with Crippen molar-refractivity contribution in [1.82, 2.24) is 9.88 Å². The lowest BCUT2D eigenvalue weighted by Crippen LogP contribution is -2.40. The van der Waals surface area contributed by atoms with Crippen molar-refractivity contribution in [3.05, 3.63) is 23.9 Å². The molecular formula is C11H11F3N3O2-. The molecule has 2 rings (SSSR count). The number of halogens is 3. The van der Waals surface area contributed by atoms with E-state index in [0.29, 0.717) is 13.0 Å². The van der Waals surface area contributed by atoms with Crippen molar-refractivity contribution in [3.8, 4) is 0 Å². The Kier molecular flexibility index (Phi) is 3.50. The summed E-state index contributed by atoms with van der Waals surface area (Å²) in [6, 6.07) is 1.53. The molecule has 1 saturated heterocycles. The molecule has 0 aliphatic carbocycles. The molecule has 1 atom stereocenters. The number of likely N-dealkylation sites (tertiary alicyclic amines) is 1. The Balaban J connectivity index is 2.03. The zero-order chi connectivity index (χ0) is 14.0. The largest absolute Gasteiger partial charge is 0.530 e. The number of pyridine rings is 1. The molecule has 1 N–H and O–H groups in total. The summed E-state index contributed by atoms with van der Waals surface area (Å²) < 4.78 is 37.5.